The summed E-state index contributed by atoms with van der Waals surface area (Å²) in [5.41, 5.74) is -0.970. The summed E-state index contributed by atoms with van der Waals surface area (Å²) in [4.78, 5) is 4.09. The first-order valence-electron chi connectivity index (χ1n) is 6.16. The third-order valence-electron chi connectivity index (χ3n) is 3.42. The van der Waals surface area contributed by atoms with Crippen molar-refractivity contribution in [2.45, 2.75) is 31.4 Å². The van der Waals surface area contributed by atoms with Crippen molar-refractivity contribution in [3.63, 3.8) is 0 Å². The molecule has 0 saturated heterocycles. The lowest BCUT2D eigenvalue weighted by Crippen LogP contribution is -2.09. The molecule has 20 heavy (non-hydrogen) atoms. The number of aromatic nitrogens is 2. The normalized spacial score (nSPS) is 16.2. The molecule has 1 saturated carbocycles. The van der Waals surface area contributed by atoms with Crippen molar-refractivity contribution in [2.24, 2.45) is 0 Å². The fraction of sp³-hybridized carbons (Fsp3) is 0.385. The summed E-state index contributed by atoms with van der Waals surface area (Å²) >= 11 is 5.63. The van der Waals surface area contributed by atoms with Crippen molar-refractivity contribution < 1.29 is 17.7 Å². The van der Waals surface area contributed by atoms with Gasteiger partial charge in [0.05, 0.1) is 5.56 Å². The minimum atomic E-state index is -4.52. The summed E-state index contributed by atoms with van der Waals surface area (Å²) in [7, 11) is 0. The van der Waals surface area contributed by atoms with Gasteiger partial charge in [-0.25, -0.2) is 0 Å². The molecule has 0 radical (unpaired) electrons. The zero-order chi connectivity index (χ0) is 14.3. The van der Waals surface area contributed by atoms with Gasteiger partial charge in [0.2, 0.25) is 11.7 Å². The van der Waals surface area contributed by atoms with Gasteiger partial charge in [-0.3, -0.25) is 0 Å². The summed E-state index contributed by atoms with van der Waals surface area (Å²) in [6.45, 7) is 0. The highest BCUT2D eigenvalue weighted by molar-refractivity contribution is 6.30. The van der Waals surface area contributed by atoms with Crippen molar-refractivity contribution in [3.8, 4) is 11.4 Å². The fourth-order valence-corrected chi connectivity index (χ4v) is 2.28. The lowest BCUT2D eigenvalue weighted by Gasteiger charge is -2.20. The number of hydrogen-bond acceptors (Lipinski definition) is 3. The first-order valence-corrected chi connectivity index (χ1v) is 6.53. The highest BCUT2D eigenvalue weighted by Crippen LogP contribution is 2.39. The Bertz CT molecular complexity index is 635. The highest BCUT2D eigenvalue weighted by Gasteiger charge is 2.35. The van der Waals surface area contributed by atoms with E-state index in [0.29, 0.717) is 5.89 Å². The lowest BCUT2D eigenvalue weighted by molar-refractivity contribution is -0.137. The number of hydrogen-bond donors (Lipinski definition) is 0. The van der Waals surface area contributed by atoms with Crippen LogP contribution in [0.4, 0.5) is 13.2 Å². The van der Waals surface area contributed by atoms with Crippen LogP contribution in [0.2, 0.25) is 5.02 Å². The molecule has 0 atom stereocenters. The van der Waals surface area contributed by atoms with Gasteiger partial charge < -0.3 is 4.52 Å². The summed E-state index contributed by atoms with van der Waals surface area (Å²) in [6, 6.07) is 3.52. The Kier molecular flexibility index (Phi) is 3.20. The maximum Gasteiger partial charge on any atom is 0.417 e. The predicted octanol–water partition coefficient (Wildman–Crippen LogP) is 4.68. The van der Waals surface area contributed by atoms with E-state index in [1.165, 1.54) is 12.1 Å². The number of rotatable bonds is 2. The van der Waals surface area contributed by atoms with Gasteiger partial charge >= 0.3 is 6.18 Å². The first kappa shape index (κ1) is 13.4. The van der Waals surface area contributed by atoms with Crippen molar-refractivity contribution in [2.75, 3.05) is 0 Å². The second-order valence-electron chi connectivity index (χ2n) is 4.77. The van der Waals surface area contributed by atoms with E-state index in [-0.39, 0.29) is 22.3 Å². The van der Waals surface area contributed by atoms with E-state index in [1.807, 2.05) is 0 Å². The number of benzene rings is 1. The Morgan fingerprint density at radius 2 is 2.00 bits per heavy atom. The van der Waals surface area contributed by atoms with Crippen molar-refractivity contribution >= 4 is 11.6 Å². The lowest BCUT2D eigenvalue weighted by atomic mass is 9.85. The van der Waals surface area contributed by atoms with Crippen LogP contribution in [0.25, 0.3) is 11.4 Å². The molecule has 0 amide bonds. The van der Waals surface area contributed by atoms with Gasteiger partial charge in [-0.05, 0) is 31.0 Å². The average molecular weight is 303 g/mol. The third kappa shape index (κ3) is 2.40. The predicted molar refractivity (Wildman–Crippen MR) is 66.3 cm³/mol. The van der Waals surface area contributed by atoms with Crippen molar-refractivity contribution in [3.05, 3.63) is 34.7 Å². The van der Waals surface area contributed by atoms with E-state index in [2.05, 4.69) is 10.1 Å². The van der Waals surface area contributed by atoms with Crippen LogP contribution >= 0.6 is 11.6 Å². The van der Waals surface area contributed by atoms with Gasteiger partial charge in [0, 0.05) is 16.5 Å². The van der Waals surface area contributed by atoms with Crippen LogP contribution in [-0.4, -0.2) is 10.1 Å². The van der Waals surface area contributed by atoms with Crippen LogP contribution in [0.3, 0.4) is 0 Å². The van der Waals surface area contributed by atoms with E-state index >= 15 is 0 Å². The van der Waals surface area contributed by atoms with Gasteiger partial charge in [0.1, 0.15) is 0 Å². The summed E-state index contributed by atoms with van der Waals surface area (Å²) in [6.07, 6.45) is -1.56. The molecule has 1 heterocycles. The number of nitrogens with zero attached hydrogens (tertiary/aromatic N) is 2. The quantitative estimate of drug-likeness (QED) is 0.808. The molecule has 0 N–H and O–H groups in total. The summed E-state index contributed by atoms with van der Waals surface area (Å²) in [5, 5.41) is 3.68. The summed E-state index contributed by atoms with van der Waals surface area (Å²) < 4.78 is 44.1. The molecule has 2 aromatic rings. The first-order chi connectivity index (χ1) is 9.45. The minimum Gasteiger partial charge on any atom is -0.339 e. The van der Waals surface area contributed by atoms with Crippen LogP contribution < -0.4 is 0 Å². The molecule has 1 aliphatic rings. The van der Waals surface area contributed by atoms with Crippen LogP contribution in [0.15, 0.2) is 22.7 Å². The largest absolute Gasteiger partial charge is 0.417 e. The molecule has 0 spiro atoms. The topological polar surface area (TPSA) is 38.9 Å². The molecule has 106 valence electrons. The van der Waals surface area contributed by atoms with E-state index in [0.717, 1.165) is 25.3 Å². The zero-order valence-electron chi connectivity index (χ0n) is 10.2. The van der Waals surface area contributed by atoms with E-state index in [4.69, 9.17) is 16.1 Å². The second-order valence-corrected chi connectivity index (χ2v) is 5.21. The Morgan fingerprint density at radius 3 is 2.60 bits per heavy atom. The molecule has 0 unspecified atom stereocenters. The van der Waals surface area contributed by atoms with E-state index in [9.17, 15) is 13.2 Å². The average Bonchev–Trinajstić information content (AvgIpc) is 2.74. The monoisotopic (exact) mass is 302 g/mol. The van der Waals surface area contributed by atoms with Crippen LogP contribution in [0.5, 0.6) is 0 Å². The van der Waals surface area contributed by atoms with E-state index < -0.39 is 11.7 Å². The maximum absolute atomic E-state index is 13.0. The standard InChI is InChI=1S/C13H10ClF3N2O/c14-8-4-5-9(10(6-8)13(15,16)17)11-18-12(20-19-11)7-2-1-3-7/h4-7H,1-3H2. The molecule has 1 fully saturated rings. The molecule has 3 rings (SSSR count). The third-order valence-corrected chi connectivity index (χ3v) is 3.66. The number of alkyl halides is 3. The van der Waals surface area contributed by atoms with Crippen LogP contribution in [0.1, 0.15) is 36.6 Å². The molecule has 7 heteroatoms. The van der Waals surface area contributed by atoms with Crippen LogP contribution in [-0.2, 0) is 6.18 Å². The Hall–Kier alpha value is -1.56. The molecular weight excluding hydrogens is 293 g/mol. The molecule has 1 aromatic carbocycles. The maximum atomic E-state index is 13.0. The molecular formula is C13H10ClF3N2O. The van der Waals surface area contributed by atoms with Gasteiger partial charge in [0.15, 0.2) is 0 Å². The van der Waals surface area contributed by atoms with Crippen molar-refractivity contribution in [1.82, 2.24) is 10.1 Å². The van der Waals surface area contributed by atoms with E-state index in [1.54, 1.807) is 0 Å². The molecule has 1 aromatic heterocycles. The molecule has 3 nitrogen and oxygen atoms in total. The Morgan fingerprint density at radius 1 is 1.25 bits per heavy atom. The SMILES string of the molecule is FC(F)(F)c1cc(Cl)ccc1-c1noc(C2CCC2)n1. The van der Waals surface area contributed by atoms with Gasteiger partial charge in [-0.15, -0.1) is 0 Å². The summed E-state index contributed by atoms with van der Waals surface area (Å²) in [5.74, 6) is 0.545. The fourth-order valence-electron chi connectivity index (χ4n) is 2.11. The van der Waals surface area contributed by atoms with Gasteiger partial charge in [-0.2, -0.15) is 18.2 Å². The molecule has 0 aliphatic heterocycles. The van der Waals surface area contributed by atoms with Gasteiger partial charge in [-0.1, -0.05) is 23.2 Å². The highest BCUT2D eigenvalue weighted by atomic mass is 35.5. The molecule has 0 bridgehead atoms. The number of halogens is 4. The zero-order valence-corrected chi connectivity index (χ0v) is 11.0. The van der Waals surface area contributed by atoms with Crippen molar-refractivity contribution in [1.29, 1.82) is 0 Å². The smallest absolute Gasteiger partial charge is 0.339 e. The van der Waals surface area contributed by atoms with Crippen LogP contribution in [0, 0.1) is 0 Å². The minimum absolute atomic E-state index is 0.0174. The molecule has 1 aliphatic carbocycles. The second kappa shape index (κ2) is 4.77. The Balaban J connectivity index is 2.02. The van der Waals surface area contributed by atoms with Gasteiger partial charge in [0.25, 0.3) is 0 Å². The Labute approximate surface area is 117 Å².